The molecule has 0 saturated carbocycles. The van der Waals surface area contributed by atoms with Crippen molar-refractivity contribution in [2.75, 3.05) is 13.7 Å². The molecule has 196 valence electrons. The number of carboxylic acids is 1. The molecular formula is C32H28N2O5. The second-order valence-corrected chi connectivity index (χ2v) is 9.51. The molecule has 0 fully saturated rings. The number of amides is 2. The number of nitrogens with one attached hydrogen (secondary N) is 1. The van der Waals surface area contributed by atoms with Crippen molar-refractivity contribution < 1.29 is 24.2 Å². The molecule has 2 N–H and O–H groups in total. The SMILES string of the molecule is CN(Cc1ccc(C(=O)O)cc1)C(=O)[C@@H](NC(=O)OCC1c2ccccc2-c2ccccc21)c1ccccc1. The molecule has 7 heteroatoms. The summed E-state index contributed by atoms with van der Waals surface area (Å²) in [5.41, 5.74) is 6.06. The molecule has 4 aromatic carbocycles. The zero-order chi connectivity index (χ0) is 27.4. The number of ether oxygens (including phenoxy) is 1. The summed E-state index contributed by atoms with van der Waals surface area (Å²) < 4.78 is 5.70. The first-order chi connectivity index (χ1) is 18.9. The van der Waals surface area contributed by atoms with Crippen molar-refractivity contribution in [3.05, 3.63) is 131 Å². The summed E-state index contributed by atoms with van der Waals surface area (Å²) in [6, 6.07) is 30.6. The molecule has 0 radical (unpaired) electrons. The van der Waals surface area contributed by atoms with E-state index in [-0.39, 0.29) is 30.5 Å². The first-order valence-electron chi connectivity index (χ1n) is 12.7. The quantitative estimate of drug-likeness (QED) is 0.314. The van der Waals surface area contributed by atoms with E-state index in [1.807, 2.05) is 30.3 Å². The van der Waals surface area contributed by atoms with Gasteiger partial charge < -0.3 is 20.1 Å². The highest BCUT2D eigenvalue weighted by Gasteiger charge is 2.30. The predicted molar refractivity (Wildman–Crippen MR) is 147 cm³/mol. The Labute approximate surface area is 226 Å². The molecule has 4 aromatic rings. The highest BCUT2D eigenvalue weighted by Crippen LogP contribution is 2.44. The van der Waals surface area contributed by atoms with Crippen LogP contribution >= 0.6 is 0 Å². The molecule has 1 aliphatic rings. The van der Waals surface area contributed by atoms with Crippen LogP contribution in [0.5, 0.6) is 0 Å². The van der Waals surface area contributed by atoms with Gasteiger partial charge in [0, 0.05) is 19.5 Å². The maximum Gasteiger partial charge on any atom is 0.408 e. The third-order valence-corrected chi connectivity index (χ3v) is 6.98. The van der Waals surface area contributed by atoms with Crippen LogP contribution in [-0.2, 0) is 16.1 Å². The van der Waals surface area contributed by atoms with Crippen LogP contribution in [0.25, 0.3) is 11.1 Å². The zero-order valence-corrected chi connectivity index (χ0v) is 21.4. The molecule has 39 heavy (non-hydrogen) atoms. The molecule has 7 nitrogen and oxygen atoms in total. The topological polar surface area (TPSA) is 95.9 Å². The standard InChI is InChI=1S/C32H28N2O5/c1-34(19-21-15-17-23(18-16-21)31(36)37)30(35)29(22-9-3-2-4-10-22)33-32(38)39-20-28-26-13-7-5-11-24(26)25-12-6-8-14-27(25)28/h2-18,28-29H,19-20H2,1H3,(H,33,38)(H,36,37)/t29-/m0/s1. The molecule has 5 rings (SSSR count). The normalized spacial score (nSPS) is 12.6. The van der Waals surface area contributed by atoms with Crippen LogP contribution in [0.1, 0.15) is 44.6 Å². The number of benzene rings is 4. The largest absolute Gasteiger partial charge is 0.478 e. The Balaban J connectivity index is 1.29. The number of carbonyl (C=O) groups is 3. The van der Waals surface area contributed by atoms with Crippen LogP contribution in [0.3, 0.4) is 0 Å². The fraction of sp³-hybridized carbons (Fsp3) is 0.156. The number of fused-ring (bicyclic) bond motifs is 3. The average molecular weight is 521 g/mol. The highest BCUT2D eigenvalue weighted by molar-refractivity contribution is 5.88. The van der Waals surface area contributed by atoms with E-state index in [1.54, 1.807) is 43.4 Å². The summed E-state index contributed by atoms with van der Waals surface area (Å²) in [6.45, 7) is 0.385. The Morgan fingerprint density at radius 2 is 1.38 bits per heavy atom. The smallest absolute Gasteiger partial charge is 0.408 e. The molecule has 0 bridgehead atoms. The minimum absolute atomic E-state index is 0.0922. The van der Waals surface area contributed by atoms with Crippen LogP contribution in [0.4, 0.5) is 4.79 Å². The van der Waals surface area contributed by atoms with Crippen molar-refractivity contribution in [1.82, 2.24) is 10.2 Å². The molecular weight excluding hydrogens is 492 g/mol. The maximum atomic E-state index is 13.5. The van der Waals surface area contributed by atoms with E-state index in [0.717, 1.165) is 27.8 Å². The fourth-order valence-corrected chi connectivity index (χ4v) is 5.02. The second-order valence-electron chi connectivity index (χ2n) is 9.51. The monoisotopic (exact) mass is 520 g/mol. The van der Waals surface area contributed by atoms with Crippen LogP contribution in [0, 0.1) is 0 Å². The summed E-state index contributed by atoms with van der Waals surface area (Å²) in [5, 5.41) is 11.9. The first kappa shape index (κ1) is 25.7. The molecule has 2 amide bonds. The molecule has 1 atom stereocenters. The van der Waals surface area contributed by atoms with Crippen molar-refractivity contribution >= 4 is 18.0 Å². The van der Waals surface area contributed by atoms with E-state index in [9.17, 15) is 14.4 Å². The van der Waals surface area contributed by atoms with Gasteiger partial charge >= 0.3 is 12.1 Å². The molecule has 0 aromatic heterocycles. The van der Waals surface area contributed by atoms with E-state index >= 15 is 0 Å². The Morgan fingerprint density at radius 1 is 0.821 bits per heavy atom. The van der Waals surface area contributed by atoms with Gasteiger partial charge in [-0.15, -0.1) is 0 Å². The third-order valence-electron chi connectivity index (χ3n) is 6.98. The molecule has 0 heterocycles. The lowest BCUT2D eigenvalue weighted by Gasteiger charge is -2.25. The van der Waals surface area contributed by atoms with Crippen LogP contribution < -0.4 is 5.32 Å². The summed E-state index contributed by atoms with van der Waals surface area (Å²) in [4.78, 5) is 39.2. The summed E-state index contributed by atoms with van der Waals surface area (Å²) >= 11 is 0. The van der Waals surface area contributed by atoms with Gasteiger partial charge in [0.25, 0.3) is 0 Å². The predicted octanol–water partition coefficient (Wildman–Crippen LogP) is 5.62. The molecule has 1 aliphatic carbocycles. The minimum Gasteiger partial charge on any atom is -0.478 e. The zero-order valence-electron chi connectivity index (χ0n) is 21.4. The lowest BCUT2D eigenvalue weighted by molar-refractivity contribution is -0.132. The molecule has 0 aliphatic heterocycles. The van der Waals surface area contributed by atoms with Gasteiger partial charge in [-0.3, -0.25) is 4.79 Å². The van der Waals surface area contributed by atoms with Crippen LogP contribution in [0.2, 0.25) is 0 Å². The minimum atomic E-state index is -1.01. The number of aromatic carboxylic acids is 1. The van der Waals surface area contributed by atoms with Crippen molar-refractivity contribution in [3.63, 3.8) is 0 Å². The third kappa shape index (κ3) is 5.52. The maximum absolute atomic E-state index is 13.5. The lowest BCUT2D eigenvalue weighted by atomic mass is 9.98. The Morgan fingerprint density at radius 3 is 1.97 bits per heavy atom. The van der Waals surface area contributed by atoms with E-state index in [1.165, 1.54) is 17.0 Å². The number of hydrogen-bond acceptors (Lipinski definition) is 4. The van der Waals surface area contributed by atoms with Gasteiger partial charge in [0.1, 0.15) is 12.6 Å². The van der Waals surface area contributed by atoms with E-state index < -0.39 is 18.1 Å². The van der Waals surface area contributed by atoms with Gasteiger partial charge in [0.15, 0.2) is 0 Å². The summed E-state index contributed by atoms with van der Waals surface area (Å²) in [5.74, 6) is -1.43. The van der Waals surface area contributed by atoms with Crippen molar-refractivity contribution in [2.45, 2.75) is 18.5 Å². The lowest BCUT2D eigenvalue weighted by Crippen LogP contribution is -2.41. The number of rotatable bonds is 8. The second kappa shape index (κ2) is 11.2. The number of carbonyl (C=O) groups excluding carboxylic acids is 2. The van der Waals surface area contributed by atoms with Gasteiger partial charge in [-0.25, -0.2) is 9.59 Å². The number of nitrogens with zero attached hydrogens (tertiary/aromatic N) is 1. The first-order valence-corrected chi connectivity index (χ1v) is 12.7. The summed E-state index contributed by atoms with van der Waals surface area (Å²) in [6.07, 6.45) is -0.682. The Kier molecular flexibility index (Phi) is 7.41. The van der Waals surface area contributed by atoms with Crippen molar-refractivity contribution in [3.8, 4) is 11.1 Å². The molecule has 0 saturated heterocycles. The van der Waals surface area contributed by atoms with Crippen LogP contribution in [0.15, 0.2) is 103 Å². The van der Waals surface area contributed by atoms with Crippen molar-refractivity contribution in [1.29, 1.82) is 0 Å². The Hall–Kier alpha value is -4.91. The van der Waals surface area contributed by atoms with E-state index in [0.29, 0.717) is 5.56 Å². The average Bonchev–Trinajstić information content (AvgIpc) is 3.28. The molecule has 0 unspecified atom stereocenters. The van der Waals surface area contributed by atoms with E-state index in [4.69, 9.17) is 9.84 Å². The van der Waals surface area contributed by atoms with Crippen molar-refractivity contribution in [2.24, 2.45) is 0 Å². The van der Waals surface area contributed by atoms with Gasteiger partial charge in [0.2, 0.25) is 5.91 Å². The number of carboxylic acid groups (broad SMARTS) is 1. The van der Waals surface area contributed by atoms with Gasteiger partial charge in [-0.1, -0.05) is 91.0 Å². The van der Waals surface area contributed by atoms with Gasteiger partial charge in [0.05, 0.1) is 5.56 Å². The molecule has 0 spiro atoms. The van der Waals surface area contributed by atoms with E-state index in [2.05, 4.69) is 29.6 Å². The number of likely N-dealkylation sites (N-methyl/N-ethyl adjacent to an activating group) is 1. The van der Waals surface area contributed by atoms with Crippen LogP contribution in [-0.4, -0.2) is 41.6 Å². The van der Waals surface area contributed by atoms with Gasteiger partial charge in [-0.05, 0) is 45.5 Å². The number of hydrogen-bond donors (Lipinski definition) is 2. The number of alkyl carbamates (subject to hydrolysis) is 1. The van der Waals surface area contributed by atoms with Gasteiger partial charge in [-0.2, -0.15) is 0 Å². The fourth-order valence-electron chi connectivity index (χ4n) is 5.02. The highest BCUT2D eigenvalue weighted by atomic mass is 16.5. The summed E-state index contributed by atoms with van der Waals surface area (Å²) in [7, 11) is 1.64. The Bertz CT molecular complexity index is 1460.